The van der Waals surface area contributed by atoms with E-state index in [1.165, 1.54) is 67.2 Å². The van der Waals surface area contributed by atoms with Gasteiger partial charge in [0.25, 0.3) is 5.91 Å². The van der Waals surface area contributed by atoms with Crippen LogP contribution in [0.25, 0.3) is 0 Å². The minimum Gasteiger partial charge on any atom is -0.503 e. The summed E-state index contributed by atoms with van der Waals surface area (Å²) in [6, 6.07) is 13.3. The molecule has 2 aromatic carbocycles. The van der Waals surface area contributed by atoms with Gasteiger partial charge in [0.2, 0.25) is 16.7 Å². The van der Waals surface area contributed by atoms with Crippen molar-refractivity contribution in [2.24, 2.45) is 0 Å². The molecule has 10 nitrogen and oxygen atoms in total. The van der Waals surface area contributed by atoms with Crippen molar-refractivity contribution >= 4 is 39.9 Å². The van der Waals surface area contributed by atoms with Crippen LogP contribution in [0, 0.1) is 6.92 Å². The summed E-state index contributed by atoms with van der Waals surface area (Å²) >= 11 is 2.65. The Labute approximate surface area is 238 Å². The van der Waals surface area contributed by atoms with Crippen LogP contribution in [0.15, 0.2) is 74.9 Å². The van der Waals surface area contributed by atoms with E-state index in [0.717, 1.165) is 5.56 Å². The van der Waals surface area contributed by atoms with Crippen molar-refractivity contribution < 1.29 is 33.3 Å². The third kappa shape index (κ3) is 5.03. The van der Waals surface area contributed by atoms with Gasteiger partial charge < -0.3 is 23.7 Å². The number of carbonyl (C=O) groups excluding carboxylic acids is 2. The van der Waals surface area contributed by atoms with Crippen molar-refractivity contribution in [2.45, 2.75) is 23.1 Å². The highest BCUT2D eigenvalue weighted by Gasteiger charge is 2.47. The van der Waals surface area contributed by atoms with Crippen LogP contribution in [0.3, 0.4) is 0 Å². The van der Waals surface area contributed by atoms with Crippen LogP contribution >= 0.6 is 23.1 Å². The number of aromatic nitrogens is 2. The lowest BCUT2D eigenvalue weighted by molar-refractivity contribution is -0.117. The van der Waals surface area contributed by atoms with E-state index in [9.17, 15) is 14.7 Å². The molecule has 5 rings (SSSR count). The van der Waals surface area contributed by atoms with Crippen LogP contribution in [-0.2, 0) is 10.5 Å². The number of anilines is 1. The molecular weight excluding hydrogens is 554 g/mol. The van der Waals surface area contributed by atoms with Crippen molar-refractivity contribution in [3.63, 3.8) is 0 Å². The van der Waals surface area contributed by atoms with E-state index >= 15 is 0 Å². The van der Waals surface area contributed by atoms with Crippen LogP contribution in [0.1, 0.15) is 33.3 Å². The number of ether oxygens (including phenoxy) is 3. The second-order valence-electron chi connectivity index (χ2n) is 8.73. The number of benzene rings is 2. The second kappa shape index (κ2) is 11.4. The molecule has 1 aliphatic heterocycles. The van der Waals surface area contributed by atoms with Gasteiger partial charge in [0.05, 0.1) is 39.2 Å². The Balaban J connectivity index is 1.56. The highest BCUT2D eigenvalue weighted by molar-refractivity contribution is 8.00. The lowest BCUT2D eigenvalue weighted by atomic mass is 9.94. The molecular formula is C28H25N3O7S2. The molecule has 0 bridgehead atoms. The molecule has 4 aromatic rings. The van der Waals surface area contributed by atoms with Gasteiger partial charge >= 0.3 is 0 Å². The Morgan fingerprint density at radius 3 is 2.38 bits per heavy atom. The Morgan fingerprint density at radius 2 is 1.77 bits per heavy atom. The van der Waals surface area contributed by atoms with Gasteiger partial charge in [-0.15, -0.1) is 10.2 Å². The number of aliphatic hydroxyl groups is 1. The summed E-state index contributed by atoms with van der Waals surface area (Å²) < 4.78 is 22.4. The second-order valence-corrected chi connectivity index (χ2v) is 10.9. The number of Topliss-reactive ketones (excluding diaryl/α,β-unsaturated/α-hetero) is 1. The summed E-state index contributed by atoms with van der Waals surface area (Å²) in [5, 5.41) is 19.7. The molecule has 1 N–H and O–H groups in total. The molecule has 0 spiro atoms. The summed E-state index contributed by atoms with van der Waals surface area (Å²) in [6.07, 6.45) is 1.34. The van der Waals surface area contributed by atoms with Crippen LogP contribution in [-0.4, -0.2) is 48.3 Å². The number of hydrogen-bond donors (Lipinski definition) is 1. The van der Waals surface area contributed by atoms with Gasteiger partial charge in [0, 0.05) is 5.75 Å². The fraction of sp³-hybridized carbons (Fsp3) is 0.214. The SMILES string of the molecule is COc1cc(C2C(C(=O)c3ccco3)=C(O)C(=O)N2c2nnc(SCc3ccc(C)cc3)s2)cc(OC)c1OC. The average molecular weight is 580 g/mol. The number of hydrogen-bond acceptors (Lipinski definition) is 11. The van der Waals surface area contributed by atoms with Crippen molar-refractivity contribution in [1.29, 1.82) is 0 Å². The number of carbonyl (C=O) groups is 2. The lowest BCUT2D eigenvalue weighted by Gasteiger charge is -2.25. The molecule has 0 fully saturated rings. The third-order valence-electron chi connectivity index (χ3n) is 6.29. The molecule has 0 saturated heterocycles. The minimum absolute atomic E-state index is 0.0275. The molecule has 206 valence electrons. The quantitative estimate of drug-likeness (QED) is 0.145. The molecule has 1 aliphatic rings. The summed E-state index contributed by atoms with van der Waals surface area (Å²) in [6.45, 7) is 2.03. The first-order valence-electron chi connectivity index (χ1n) is 12.0. The zero-order valence-corrected chi connectivity index (χ0v) is 23.7. The largest absolute Gasteiger partial charge is 0.503 e. The first-order valence-corrected chi connectivity index (χ1v) is 13.8. The monoisotopic (exact) mass is 579 g/mol. The van der Waals surface area contributed by atoms with E-state index in [1.54, 1.807) is 18.2 Å². The predicted octanol–water partition coefficient (Wildman–Crippen LogP) is 5.54. The first-order chi connectivity index (χ1) is 19.4. The van der Waals surface area contributed by atoms with Crippen LogP contribution in [0.5, 0.6) is 17.2 Å². The number of aryl methyl sites for hydroxylation is 1. The number of rotatable bonds is 10. The number of amides is 1. The molecule has 12 heteroatoms. The number of ketones is 1. The van der Waals surface area contributed by atoms with E-state index in [2.05, 4.69) is 10.2 Å². The van der Waals surface area contributed by atoms with Crippen molar-refractivity contribution in [3.05, 3.63) is 88.6 Å². The molecule has 2 aromatic heterocycles. The Hall–Kier alpha value is -4.29. The number of nitrogens with zero attached hydrogens (tertiary/aromatic N) is 3. The van der Waals surface area contributed by atoms with E-state index in [4.69, 9.17) is 18.6 Å². The molecule has 3 heterocycles. The minimum atomic E-state index is -1.08. The summed E-state index contributed by atoms with van der Waals surface area (Å²) in [5.41, 5.74) is 2.54. The summed E-state index contributed by atoms with van der Waals surface area (Å²) in [7, 11) is 4.40. The van der Waals surface area contributed by atoms with Crippen LogP contribution in [0.4, 0.5) is 5.13 Å². The van der Waals surface area contributed by atoms with E-state index < -0.39 is 23.5 Å². The number of methoxy groups -OCH3 is 3. The Bertz CT molecular complexity index is 1550. The zero-order chi connectivity index (χ0) is 28.4. The predicted molar refractivity (Wildman–Crippen MR) is 150 cm³/mol. The van der Waals surface area contributed by atoms with Gasteiger partial charge in [0.15, 0.2) is 27.4 Å². The van der Waals surface area contributed by atoms with Gasteiger partial charge in [-0.2, -0.15) is 0 Å². The van der Waals surface area contributed by atoms with Crippen molar-refractivity contribution in [3.8, 4) is 17.2 Å². The normalized spacial score (nSPS) is 15.1. The van der Waals surface area contributed by atoms with Gasteiger partial charge in [-0.3, -0.25) is 14.5 Å². The first kappa shape index (κ1) is 27.3. The van der Waals surface area contributed by atoms with Crippen molar-refractivity contribution in [1.82, 2.24) is 10.2 Å². The molecule has 1 amide bonds. The smallest absolute Gasteiger partial charge is 0.296 e. The highest BCUT2D eigenvalue weighted by Crippen LogP contribution is 2.48. The number of aliphatic hydroxyl groups excluding tert-OH is 1. The Kier molecular flexibility index (Phi) is 7.81. The zero-order valence-electron chi connectivity index (χ0n) is 22.0. The van der Waals surface area contributed by atoms with E-state index in [-0.39, 0.29) is 16.5 Å². The fourth-order valence-electron chi connectivity index (χ4n) is 4.34. The standard InChI is InChI=1S/C28H25N3O7S2/c1-15-7-9-16(10-8-15)14-39-28-30-29-27(40-28)31-22(17-12-19(35-2)25(37-4)20(13-17)36-3)21(24(33)26(31)34)23(32)18-6-5-11-38-18/h5-13,22,33H,14H2,1-4H3. The molecule has 40 heavy (non-hydrogen) atoms. The van der Waals surface area contributed by atoms with Gasteiger partial charge in [-0.1, -0.05) is 52.9 Å². The third-order valence-corrected chi connectivity index (χ3v) is 8.41. The Morgan fingerprint density at radius 1 is 1.07 bits per heavy atom. The van der Waals surface area contributed by atoms with Gasteiger partial charge in [-0.05, 0) is 42.3 Å². The molecule has 1 atom stereocenters. The maximum Gasteiger partial charge on any atom is 0.296 e. The molecule has 0 aliphatic carbocycles. The summed E-state index contributed by atoms with van der Waals surface area (Å²) in [4.78, 5) is 28.3. The summed E-state index contributed by atoms with van der Waals surface area (Å²) in [5.74, 6) is -0.549. The van der Waals surface area contributed by atoms with Crippen LogP contribution in [0.2, 0.25) is 0 Å². The fourth-order valence-corrected chi connectivity index (χ4v) is 6.16. The maximum absolute atomic E-state index is 13.5. The molecule has 0 saturated carbocycles. The van der Waals surface area contributed by atoms with E-state index in [1.807, 2.05) is 31.2 Å². The molecule has 1 unspecified atom stereocenters. The van der Waals surface area contributed by atoms with Gasteiger partial charge in [0.1, 0.15) is 0 Å². The van der Waals surface area contributed by atoms with Crippen LogP contribution < -0.4 is 19.1 Å². The maximum atomic E-state index is 13.5. The average Bonchev–Trinajstić information content (AvgIpc) is 3.72. The molecule has 0 radical (unpaired) electrons. The number of furan rings is 1. The topological polar surface area (TPSA) is 124 Å². The lowest BCUT2D eigenvalue weighted by Crippen LogP contribution is -2.31. The highest BCUT2D eigenvalue weighted by atomic mass is 32.2. The number of thioether (sulfide) groups is 1. The van der Waals surface area contributed by atoms with Gasteiger partial charge in [-0.25, -0.2) is 0 Å². The van der Waals surface area contributed by atoms with E-state index in [0.29, 0.717) is 32.9 Å². The van der Waals surface area contributed by atoms with Crippen molar-refractivity contribution in [2.75, 3.05) is 26.2 Å².